The first-order valence-electron chi connectivity index (χ1n) is 7.47. The summed E-state index contributed by atoms with van der Waals surface area (Å²) in [6.07, 6.45) is 6.41. The number of fused-ring (bicyclic) bond motifs is 1. The molecular formula is C16H20N2O3. The second kappa shape index (κ2) is 5.39. The topological polar surface area (TPSA) is 66.6 Å². The van der Waals surface area contributed by atoms with Gasteiger partial charge in [-0.1, -0.05) is 13.3 Å². The molecule has 5 heteroatoms. The number of rotatable bonds is 4. The number of aliphatic carboxylic acids is 1. The summed E-state index contributed by atoms with van der Waals surface area (Å²) in [5.41, 5.74) is 0.263. The first-order chi connectivity index (χ1) is 10.2. The Balaban J connectivity index is 1.82. The van der Waals surface area contributed by atoms with Crippen LogP contribution in [-0.4, -0.2) is 29.1 Å². The lowest BCUT2D eigenvalue weighted by molar-refractivity contribution is -0.150. The second-order valence-corrected chi connectivity index (χ2v) is 5.79. The van der Waals surface area contributed by atoms with Crippen molar-refractivity contribution in [3.05, 3.63) is 24.6 Å². The highest BCUT2D eigenvalue weighted by Crippen LogP contribution is 2.38. The van der Waals surface area contributed by atoms with Crippen molar-refractivity contribution in [3.8, 4) is 0 Å². The Kier molecular flexibility index (Phi) is 3.57. The summed E-state index contributed by atoms with van der Waals surface area (Å²) in [5, 5.41) is 10.6. The summed E-state index contributed by atoms with van der Waals surface area (Å²) < 4.78 is 5.41. The summed E-state index contributed by atoms with van der Waals surface area (Å²) in [5.74, 6) is 0.246. The minimum Gasteiger partial charge on any atom is -0.481 e. The molecule has 1 aliphatic rings. The van der Waals surface area contributed by atoms with Crippen LogP contribution >= 0.6 is 0 Å². The third-order valence-corrected chi connectivity index (χ3v) is 4.56. The number of aromatic nitrogens is 1. The van der Waals surface area contributed by atoms with Crippen LogP contribution in [0.4, 0.5) is 5.82 Å². The molecule has 1 fully saturated rings. The predicted molar refractivity (Wildman–Crippen MR) is 80.4 cm³/mol. The van der Waals surface area contributed by atoms with Crippen LogP contribution in [0.3, 0.4) is 0 Å². The van der Waals surface area contributed by atoms with Gasteiger partial charge in [0.25, 0.3) is 0 Å². The van der Waals surface area contributed by atoms with E-state index in [1.807, 2.05) is 19.1 Å². The molecule has 0 atom stereocenters. The third-order valence-electron chi connectivity index (χ3n) is 4.56. The van der Waals surface area contributed by atoms with Crippen LogP contribution in [-0.2, 0) is 4.79 Å². The number of pyridine rings is 1. The summed E-state index contributed by atoms with van der Waals surface area (Å²) in [7, 11) is 0. The lowest BCUT2D eigenvalue weighted by atomic mass is 9.75. The Bertz CT molecular complexity index is 642. The number of piperidine rings is 1. The highest BCUT2D eigenvalue weighted by atomic mass is 16.4. The molecule has 0 amide bonds. The molecule has 2 aromatic heterocycles. The average Bonchev–Trinajstić information content (AvgIpc) is 2.96. The highest BCUT2D eigenvalue weighted by Gasteiger charge is 2.41. The molecule has 112 valence electrons. The molecule has 5 nitrogen and oxygen atoms in total. The van der Waals surface area contributed by atoms with E-state index >= 15 is 0 Å². The SMILES string of the molecule is CCCC1(C(=O)O)CCN(c2nccc3occc23)CC1. The molecule has 0 spiro atoms. The normalized spacial score (nSPS) is 18.0. The maximum atomic E-state index is 11.6. The Morgan fingerprint density at radius 3 is 2.86 bits per heavy atom. The summed E-state index contributed by atoms with van der Waals surface area (Å²) in [6.45, 7) is 3.50. The van der Waals surface area contributed by atoms with Gasteiger partial charge in [0.2, 0.25) is 0 Å². The summed E-state index contributed by atoms with van der Waals surface area (Å²) >= 11 is 0. The number of hydrogen-bond donors (Lipinski definition) is 1. The lowest BCUT2D eigenvalue weighted by Crippen LogP contribution is -2.44. The number of furan rings is 1. The molecule has 0 unspecified atom stereocenters. The van der Waals surface area contributed by atoms with Crippen molar-refractivity contribution in [3.63, 3.8) is 0 Å². The molecule has 0 aliphatic carbocycles. The van der Waals surface area contributed by atoms with E-state index in [-0.39, 0.29) is 0 Å². The van der Waals surface area contributed by atoms with Gasteiger partial charge in [0, 0.05) is 19.3 Å². The van der Waals surface area contributed by atoms with Crippen molar-refractivity contribution in [2.75, 3.05) is 18.0 Å². The first kappa shape index (κ1) is 13.9. The molecule has 1 N–H and O–H groups in total. The monoisotopic (exact) mass is 288 g/mol. The van der Waals surface area contributed by atoms with E-state index in [1.165, 1.54) is 0 Å². The van der Waals surface area contributed by atoms with Gasteiger partial charge in [-0.3, -0.25) is 4.79 Å². The van der Waals surface area contributed by atoms with Gasteiger partial charge in [-0.05, 0) is 31.4 Å². The van der Waals surface area contributed by atoms with E-state index in [0.717, 1.165) is 42.7 Å². The molecule has 1 saturated heterocycles. The van der Waals surface area contributed by atoms with Crippen LogP contribution in [0.15, 0.2) is 29.0 Å². The summed E-state index contributed by atoms with van der Waals surface area (Å²) in [6, 6.07) is 3.77. The van der Waals surface area contributed by atoms with Crippen LogP contribution < -0.4 is 4.90 Å². The molecule has 1 aliphatic heterocycles. The van der Waals surface area contributed by atoms with E-state index < -0.39 is 11.4 Å². The number of carboxylic acid groups (broad SMARTS) is 1. The van der Waals surface area contributed by atoms with Gasteiger partial charge in [0.1, 0.15) is 11.4 Å². The Hall–Kier alpha value is -2.04. The molecular weight excluding hydrogens is 268 g/mol. The zero-order valence-electron chi connectivity index (χ0n) is 12.2. The van der Waals surface area contributed by atoms with Crippen molar-refractivity contribution in [1.82, 2.24) is 4.98 Å². The average molecular weight is 288 g/mol. The van der Waals surface area contributed by atoms with E-state index in [2.05, 4.69) is 9.88 Å². The fraction of sp³-hybridized carbons (Fsp3) is 0.500. The standard InChI is InChI=1S/C16H20N2O3/c1-2-5-16(15(19)20)6-9-18(10-7-16)14-12-4-11-21-13(12)3-8-17-14/h3-4,8,11H,2,5-7,9-10H2,1H3,(H,19,20). The summed E-state index contributed by atoms with van der Waals surface area (Å²) in [4.78, 5) is 18.3. The van der Waals surface area contributed by atoms with Gasteiger partial charge < -0.3 is 14.4 Å². The molecule has 3 heterocycles. The molecule has 0 radical (unpaired) electrons. The molecule has 21 heavy (non-hydrogen) atoms. The van der Waals surface area contributed by atoms with E-state index in [1.54, 1.807) is 12.5 Å². The van der Waals surface area contributed by atoms with Crippen molar-refractivity contribution in [2.45, 2.75) is 32.6 Å². The predicted octanol–water partition coefficient (Wildman–Crippen LogP) is 3.30. The van der Waals surface area contributed by atoms with Crippen molar-refractivity contribution in [2.24, 2.45) is 5.41 Å². The van der Waals surface area contributed by atoms with Crippen molar-refractivity contribution >= 4 is 22.8 Å². The van der Waals surface area contributed by atoms with Crippen molar-refractivity contribution in [1.29, 1.82) is 0 Å². The van der Waals surface area contributed by atoms with Crippen molar-refractivity contribution < 1.29 is 14.3 Å². The molecule has 0 saturated carbocycles. The van der Waals surface area contributed by atoms with Gasteiger partial charge in [0.05, 0.1) is 17.1 Å². The largest absolute Gasteiger partial charge is 0.481 e. The molecule has 0 bridgehead atoms. The number of carboxylic acids is 1. The van der Waals surface area contributed by atoms with Crippen LogP contribution in [0.2, 0.25) is 0 Å². The molecule has 3 rings (SSSR count). The van der Waals surface area contributed by atoms with Gasteiger partial charge in [-0.15, -0.1) is 0 Å². The van der Waals surface area contributed by atoms with Crippen LogP contribution in [0.1, 0.15) is 32.6 Å². The van der Waals surface area contributed by atoms with Crippen LogP contribution in [0.5, 0.6) is 0 Å². The fourth-order valence-corrected chi connectivity index (χ4v) is 3.33. The van der Waals surface area contributed by atoms with E-state index in [4.69, 9.17) is 4.42 Å². The van der Waals surface area contributed by atoms with E-state index in [0.29, 0.717) is 12.8 Å². The smallest absolute Gasteiger partial charge is 0.309 e. The van der Waals surface area contributed by atoms with E-state index in [9.17, 15) is 9.90 Å². The first-order valence-corrected chi connectivity index (χ1v) is 7.47. The minimum atomic E-state index is -0.654. The van der Waals surface area contributed by atoms with Crippen LogP contribution in [0, 0.1) is 5.41 Å². The third kappa shape index (κ3) is 2.37. The Morgan fingerprint density at radius 1 is 1.43 bits per heavy atom. The van der Waals surface area contributed by atoms with Gasteiger partial charge in [-0.2, -0.15) is 0 Å². The fourth-order valence-electron chi connectivity index (χ4n) is 3.33. The zero-order valence-corrected chi connectivity index (χ0v) is 12.2. The highest BCUT2D eigenvalue weighted by molar-refractivity contribution is 5.88. The second-order valence-electron chi connectivity index (χ2n) is 5.79. The Morgan fingerprint density at radius 2 is 2.19 bits per heavy atom. The maximum Gasteiger partial charge on any atom is 0.309 e. The molecule has 2 aromatic rings. The number of hydrogen-bond acceptors (Lipinski definition) is 4. The molecule has 0 aromatic carbocycles. The number of carbonyl (C=O) groups is 1. The minimum absolute atomic E-state index is 0.560. The zero-order chi connectivity index (χ0) is 14.9. The van der Waals surface area contributed by atoms with Gasteiger partial charge in [-0.25, -0.2) is 4.98 Å². The lowest BCUT2D eigenvalue weighted by Gasteiger charge is -2.39. The Labute approximate surface area is 123 Å². The number of nitrogens with zero attached hydrogens (tertiary/aromatic N) is 2. The van der Waals surface area contributed by atoms with Crippen LogP contribution in [0.25, 0.3) is 11.0 Å². The van der Waals surface area contributed by atoms with Gasteiger partial charge in [0.15, 0.2) is 0 Å². The quantitative estimate of drug-likeness (QED) is 0.935. The number of anilines is 1. The van der Waals surface area contributed by atoms with Gasteiger partial charge >= 0.3 is 5.97 Å². The maximum absolute atomic E-state index is 11.6.